The average molecular weight is 639 g/mol. The van der Waals surface area contributed by atoms with Crippen LogP contribution in [0.2, 0.25) is 0 Å². The molecule has 50 heavy (non-hydrogen) atoms. The first-order chi connectivity index (χ1) is 24.8. The van der Waals surface area contributed by atoms with Crippen LogP contribution >= 0.6 is 0 Å². The molecule has 0 unspecified atom stereocenters. The third kappa shape index (κ3) is 4.64. The number of fused-ring (bicyclic) bond motifs is 8. The highest BCUT2D eigenvalue weighted by molar-refractivity contribution is 6.22. The van der Waals surface area contributed by atoms with Gasteiger partial charge in [-0.1, -0.05) is 115 Å². The summed E-state index contributed by atoms with van der Waals surface area (Å²) < 4.78 is 2.46. The van der Waals surface area contributed by atoms with E-state index in [2.05, 4.69) is 191 Å². The maximum absolute atomic E-state index is 2.46. The van der Waals surface area contributed by atoms with Gasteiger partial charge in [0.2, 0.25) is 0 Å². The minimum atomic E-state index is 1.07. The Bertz CT molecular complexity index is 2730. The van der Waals surface area contributed by atoms with E-state index >= 15 is 0 Å². The van der Waals surface area contributed by atoms with Crippen LogP contribution in [0.25, 0.3) is 66.2 Å². The Balaban J connectivity index is 1.09. The van der Waals surface area contributed by atoms with Crippen molar-refractivity contribution < 1.29 is 0 Å². The highest BCUT2D eigenvalue weighted by atomic mass is 15.1. The van der Waals surface area contributed by atoms with Crippen LogP contribution in [0.15, 0.2) is 176 Å². The van der Waals surface area contributed by atoms with Gasteiger partial charge in [-0.3, -0.25) is 0 Å². The quantitative estimate of drug-likeness (QED) is 0.182. The SMILES string of the molecule is C1=Cc2ccc3c(c2CC1)c1c2ccccc2ccc1n3-c1ccc(N(c2ccccc2)c2ccc(-c3ccc4ccccc4c3)cc2)cc1. The van der Waals surface area contributed by atoms with Crippen LogP contribution in [0.3, 0.4) is 0 Å². The summed E-state index contributed by atoms with van der Waals surface area (Å²) in [5, 5.41) is 7.86. The molecule has 2 nitrogen and oxygen atoms in total. The third-order valence-corrected chi connectivity index (χ3v) is 10.4. The standard InChI is InChI=1S/C48H34N2/c1-2-14-39(15-3-1)49(40-24-20-34(21-25-40)38-19-18-33-10-4-5-13-37(33)32-38)41-26-28-42(29-27-41)50-45-30-22-35-11-6-8-16-43(35)47(45)48-44-17-9-7-12-36(44)23-31-46(48)50/h1-8,10-16,18-32H,9,17H2. The maximum atomic E-state index is 2.46. The molecule has 0 saturated carbocycles. The normalized spacial score (nSPS) is 12.6. The molecule has 1 heterocycles. The molecule has 0 spiro atoms. The predicted molar refractivity (Wildman–Crippen MR) is 213 cm³/mol. The fourth-order valence-electron chi connectivity index (χ4n) is 8.04. The van der Waals surface area contributed by atoms with Crippen LogP contribution in [0.1, 0.15) is 17.5 Å². The smallest absolute Gasteiger partial charge is 0.0547 e. The molecule has 0 atom stereocenters. The van der Waals surface area contributed by atoms with Crippen molar-refractivity contribution in [3.05, 3.63) is 187 Å². The molecule has 0 fully saturated rings. The van der Waals surface area contributed by atoms with Crippen molar-refractivity contribution in [3.63, 3.8) is 0 Å². The zero-order chi connectivity index (χ0) is 33.0. The van der Waals surface area contributed by atoms with Gasteiger partial charge in [-0.15, -0.1) is 0 Å². The second-order valence-corrected chi connectivity index (χ2v) is 13.3. The van der Waals surface area contributed by atoms with Gasteiger partial charge in [-0.25, -0.2) is 0 Å². The number of aromatic nitrogens is 1. The lowest BCUT2D eigenvalue weighted by Crippen LogP contribution is -2.10. The van der Waals surface area contributed by atoms with E-state index in [-0.39, 0.29) is 0 Å². The highest BCUT2D eigenvalue weighted by Crippen LogP contribution is 2.42. The Kier molecular flexibility index (Phi) is 6.67. The van der Waals surface area contributed by atoms with E-state index in [4.69, 9.17) is 0 Å². The van der Waals surface area contributed by atoms with E-state index in [0.717, 1.165) is 35.6 Å². The van der Waals surface area contributed by atoms with Gasteiger partial charge in [0, 0.05) is 33.5 Å². The Morgan fingerprint density at radius 2 is 1.08 bits per heavy atom. The summed E-state index contributed by atoms with van der Waals surface area (Å²) in [7, 11) is 0. The number of hydrogen-bond donors (Lipinski definition) is 0. The fraction of sp³-hybridized carbons (Fsp3) is 0.0417. The van der Waals surface area contributed by atoms with Crippen LogP contribution in [0, 0.1) is 0 Å². The Morgan fingerprint density at radius 1 is 0.460 bits per heavy atom. The minimum Gasteiger partial charge on any atom is -0.311 e. The molecule has 0 amide bonds. The van der Waals surface area contributed by atoms with Crippen LogP contribution in [-0.2, 0) is 6.42 Å². The molecule has 1 aromatic heterocycles. The number of allylic oxidation sites excluding steroid dienone is 1. The van der Waals surface area contributed by atoms with E-state index in [1.165, 1.54) is 65.6 Å². The molecule has 10 rings (SSSR count). The van der Waals surface area contributed by atoms with E-state index in [0.29, 0.717) is 0 Å². The number of para-hydroxylation sites is 1. The molecule has 2 heteroatoms. The van der Waals surface area contributed by atoms with Crippen LogP contribution < -0.4 is 4.90 Å². The Hall–Kier alpha value is -6.38. The summed E-state index contributed by atoms with van der Waals surface area (Å²) in [6.07, 6.45) is 6.75. The lowest BCUT2D eigenvalue weighted by molar-refractivity contribution is 0.997. The summed E-state index contributed by atoms with van der Waals surface area (Å²) >= 11 is 0. The monoisotopic (exact) mass is 638 g/mol. The molecule has 236 valence electrons. The van der Waals surface area contributed by atoms with Crippen molar-refractivity contribution in [1.29, 1.82) is 0 Å². The zero-order valence-corrected chi connectivity index (χ0v) is 27.6. The van der Waals surface area contributed by atoms with Gasteiger partial charge in [-0.2, -0.15) is 0 Å². The number of nitrogens with zero attached hydrogens (tertiary/aromatic N) is 2. The van der Waals surface area contributed by atoms with E-state index < -0.39 is 0 Å². The molecular formula is C48H34N2. The van der Waals surface area contributed by atoms with E-state index in [9.17, 15) is 0 Å². The van der Waals surface area contributed by atoms with E-state index in [1.807, 2.05) is 0 Å². The van der Waals surface area contributed by atoms with Gasteiger partial charge in [0.1, 0.15) is 0 Å². The Labute approximate surface area is 291 Å². The summed E-state index contributed by atoms with van der Waals surface area (Å²) in [5.74, 6) is 0. The largest absolute Gasteiger partial charge is 0.311 e. The van der Waals surface area contributed by atoms with Crippen LogP contribution in [0.5, 0.6) is 0 Å². The molecule has 0 radical (unpaired) electrons. The van der Waals surface area contributed by atoms with Crippen molar-refractivity contribution in [2.24, 2.45) is 0 Å². The second-order valence-electron chi connectivity index (χ2n) is 13.3. The van der Waals surface area contributed by atoms with Gasteiger partial charge < -0.3 is 9.47 Å². The molecule has 0 bridgehead atoms. The van der Waals surface area contributed by atoms with Gasteiger partial charge in [0.25, 0.3) is 0 Å². The van der Waals surface area contributed by atoms with Crippen molar-refractivity contribution >= 4 is 66.5 Å². The van der Waals surface area contributed by atoms with Crippen molar-refractivity contribution in [2.75, 3.05) is 4.90 Å². The predicted octanol–water partition coefficient (Wildman–Crippen LogP) is 13.2. The van der Waals surface area contributed by atoms with Gasteiger partial charge in [0.15, 0.2) is 0 Å². The summed E-state index contributed by atoms with van der Waals surface area (Å²) in [5.41, 5.74) is 12.3. The van der Waals surface area contributed by atoms with Crippen molar-refractivity contribution in [1.82, 2.24) is 4.57 Å². The summed E-state index contributed by atoms with van der Waals surface area (Å²) in [6.45, 7) is 0. The van der Waals surface area contributed by atoms with Gasteiger partial charge in [-0.05, 0) is 123 Å². The summed E-state index contributed by atoms with van der Waals surface area (Å²) in [4.78, 5) is 2.34. The molecular weight excluding hydrogens is 605 g/mol. The van der Waals surface area contributed by atoms with Crippen LogP contribution in [0.4, 0.5) is 17.1 Å². The fourth-order valence-corrected chi connectivity index (χ4v) is 8.04. The molecule has 0 N–H and O–H groups in total. The molecule has 9 aromatic rings. The lowest BCUT2D eigenvalue weighted by Gasteiger charge is -2.26. The number of anilines is 3. The molecule has 1 aliphatic carbocycles. The van der Waals surface area contributed by atoms with E-state index in [1.54, 1.807) is 0 Å². The first-order valence-electron chi connectivity index (χ1n) is 17.5. The zero-order valence-electron chi connectivity index (χ0n) is 27.6. The van der Waals surface area contributed by atoms with Gasteiger partial charge in [0.05, 0.1) is 11.0 Å². The summed E-state index contributed by atoms with van der Waals surface area (Å²) in [6, 6.07) is 62.0. The second kappa shape index (κ2) is 11.6. The first kappa shape index (κ1) is 28.6. The molecule has 8 aromatic carbocycles. The highest BCUT2D eigenvalue weighted by Gasteiger charge is 2.20. The van der Waals surface area contributed by atoms with Crippen molar-refractivity contribution in [3.8, 4) is 16.8 Å². The first-order valence-corrected chi connectivity index (χ1v) is 17.5. The average Bonchev–Trinajstić information content (AvgIpc) is 3.54. The number of rotatable bonds is 5. The minimum absolute atomic E-state index is 1.07. The molecule has 1 aliphatic rings. The van der Waals surface area contributed by atoms with Gasteiger partial charge >= 0.3 is 0 Å². The lowest BCUT2D eigenvalue weighted by atomic mass is 9.92. The number of hydrogen-bond acceptors (Lipinski definition) is 1. The Morgan fingerprint density at radius 3 is 1.90 bits per heavy atom. The maximum Gasteiger partial charge on any atom is 0.0547 e. The van der Waals surface area contributed by atoms with Crippen LogP contribution in [-0.4, -0.2) is 4.57 Å². The topological polar surface area (TPSA) is 8.17 Å². The molecule has 0 saturated heterocycles. The number of benzene rings is 8. The number of aryl methyl sites for hydroxylation is 1. The van der Waals surface area contributed by atoms with Crippen molar-refractivity contribution in [2.45, 2.75) is 12.8 Å². The molecule has 0 aliphatic heterocycles. The third-order valence-electron chi connectivity index (χ3n) is 10.4.